The number of nitrogens with zero attached hydrogens (tertiary/aromatic N) is 2. The molecular formula is C23H28N2O2S. The Morgan fingerprint density at radius 2 is 1.71 bits per heavy atom. The van der Waals surface area contributed by atoms with Gasteiger partial charge in [-0.05, 0) is 62.4 Å². The van der Waals surface area contributed by atoms with E-state index in [1.165, 1.54) is 12.8 Å². The highest BCUT2D eigenvalue weighted by molar-refractivity contribution is 7.99. The van der Waals surface area contributed by atoms with Gasteiger partial charge in [0.1, 0.15) is 11.5 Å². The maximum absolute atomic E-state index is 13.6. The number of carbonyl (C=O) groups excluding carboxylic acids is 1. The first kappa shape index (κ1) is 19.3. The Balaban J connectivity index is 1.56. The number of hydrogen-bond donors (Lipinski definition) is 0. The number of thioether (sulfide) groups is 1. The van der Waals surface area contributed by atoms with Crippen LogP contribution in [-0.4, -0.2) is 59.4 Å². The van der Waals surface area contributed by atoms with Crippen LogP contribution in [0.3, 0.4) is 0 Å². The smallest absolute Gasteiger partial charge is 0.257 e. The average molecular weight is 397 g/mol. The normalized spacial score (nSPS) is 20.7. The number of likely N-dealkylation sites (tertiary alicyclic amines) is 1. The second kappa shape index (κ2) is 9.48. The van der Waals surface area contributed by atoms with Gasteiger partial charge >= 0.3 is 0 Å². The van der Waals surface area contributed by atoms with E-state index in [0.29, 0.717) is 11.3 Å². The molecule has 0 spiro atoms. The third kappa shape index (κ3) is 4.70. The van der Waals surface area contributed by atoms with Crippen LogP contribution < -0.4 is 4.74 Å². The lowest BCUT2D eigenvalue weighted by atomic mass is 10.1. The van der Waals surface area contributed by atoms with Crippen LogP contribution in [0.2, 0.25) is 0 Å². The Labute approximate surface area is 171 Å². The minimum atomic E-state index is 0.0956. The van der Waals surface area contributed by atoms with Crippen LogP contribution >= 0.6 is 11.8 Å². The van der Waals surface area contributed by atoms with Gasteiger partial charge in [0.25, 0.3) is 5.91 Å². The summed E-state index contributed by atoms with van der Waals surface area (Å²) < 4.78 is 6.06. The quantitative estimate of drug-likeness (QED) is 0.744. The monoisotopic (exact) mass is 396 g/mol. The van der Waals surface area contributed by atoms with E-state index in [1.807, 2.05) is 66.4 Å². The van der Waals surface area contributed by atoms with E-state index in [0.717, 1.165) is 49.9 Å². The van der Waals surface area contributed by atoms with Gasteiger partial charge in [0, 0.05) is 18.8 Å². The van der Waals surface area contributed by atoms with Gasteiger partial charge in [-0.2, -0.15) is 11.8 Å². The zero-order valence-corrected chi connectivity index (χ0v) is 17.1. The van der Waals surface area contributed by atoms with Crippen molar-refractivity contribution < 1.29 is 9.53 Å². The summed E-state index contributed by atoms with van der Waals surface area (Å²) in [5.74, 6) is 3.63. The van der Waals surface area contributed by atoms with E-state index in [2.05, 4.69) is 9.80 Å². The van der Waals surface area contributed by atoms with E-state index < -0.39 is 0 Å². The first-order chi connectivity index (χ1) is 13.8. The van der Waals surface area contributed by atoms with Crippen LogP contribution in [0.5, 0.6) is 11.5 Å². The van der Waals surface area contributed by atoms with Crippen LogP contribution in [0.15, 0.2) is 54.6 Å². The molecule has 0 aliphatic carbocycles. The molecule has 0 radical (unpaired) electrons. The molecule has 1 unspecified atom stereocenters. The van der Waals surface area contributed by atoms with Crippen molar-refractivity contribution in [3.05, 3.63) is 60.2 Å². The summed E-state index contributed by atoms with van der Waals surface area (Å²) >= 11 is 1.98. The second-order valence-electron chi connectivity index (χ2n) is 7.50. The molecule has 2 aliphatic rings. The zero-order chi connectivity index (χ0) is 19.2. The zero-order valence-electron chi connectivity index (χ0n) is 16.3. The van der Waals surface area contributed by atoms with E-state index in [-0.39, 0.29) is 11.9 Å². The van der Waals surface area contributed by atoms with Gasteiger partial charge in [-0.3, -0.25) is 4.79 Å². The number of ether oxygens (including phenoxy) is 1. The number of para-hydroxylation sites is 2. The van der Waals surface area contributed by atoms with Crippen molar-refractivity contribution >= 4 is 17.7 Å². The van der Waals surface area contributed by atoms with Gasteiger partial charge in [-0.15, -0.1) is 0 Å². The molecule has 1 atom stereocenters. The standard InChI is InChI=1S/C23H28N2O2S/c26-23(21-11-4-5-12-22(21)27-20-9-2-1-3-10-20)25-15-8-16-28-18-19(25)17-24-13-6-7-14-24/h1-5,9-12,19H,6-8,13-18H2. The van der Waals surface area contributed by atoms with Gasteiger partial charge in [0.15, 0.2) is 0 Å². The van der Waals surface area contributed by atoms with Crippen molar-refractivity contribution in [2.75, 3.05) is 37.7 Å². The van der Waals surface area contributed by atoms with Crippen molar-refractivity contribution in [1.29, 1.82) is 0 Å². The minimum absolute atomic E-state index is 0.0956. The molecule has 2 aromatic carbocycles. The van der Waals surface area contributed by atoms with Gasteiger partial charge < -0.3 is 14.5 Å². The lowest BCUT2D eigenvalue weighted by Crippen LogP contribution is -2.47. The minimum Gasteiger partial charge on any atom is -0.457 e. The molecule has 0 saturated carbocycles. The van der Waals surface area contributed by atoms with Crippen LogP contribution in [0, 0.1) is 0 Å². The molecule has 2 fully saturated rings. The van der Waals surface area contributed by atoms with Crippen molar-refractivity contribution in [1.82, 2.24) is 9.80 Å². The first-order valence-corrected chi connectivity index (χ1v) is 11.4. The van der Waals surface area contributed by atoms with E-state index in [1.54, 1.807) is 0 Å². The summed E-state index contributed by atoms with van der Waals surface area (Å²) in [6.07, 6.45) is 3.61. The summed E-state index contributed by atoms with van der Waals surface area (Å²) in [6, 6.07) is 17.6. The highest BCUT2D eigenvalue weighted by Crippen LogP contribution is 2.28. The lowest BCUT2D eigenvalue weighted by Gasteiger charge is -2.33. The molecular weight excluding hydrogens is 368 g/mol. The van der Waals surface area contributed by atoms with Crippen molar-refractivity contribution in [2.45, 2.75) is 25.3 Å². The third-order valence-corrected chi connectivity index (χ3v) is 6.65. The van der Waals surface area contributed by atoms with Crippen molar-refractivity contribution in [3.63, 3.8) is 0 Å². The summed E-state index contributed by atoms with van der Waals surface area (Å²) in [4.78, 5) is 18.2. The van der Waals surface area contributed by atoms with Crippen LogP contribution in [0.25, 0.3) is 0 Å². The molecule has 2 aromatic rings. The van der Waals surface area contributed by atoms with Crippen LogP contribution in [0.4, 0.5) is 0 Å². The molecule has 2 saturated heterocycles. The molecule has 2 aliphatic heterocycles. The highest BCUT2D eigenvalue weighted by atomic mass is 32.2. The Morgan fingerprint density at radius 3 is 2.54 bits per heavy atom. The first-order valence-electron chi connectivity index (χ1n) is 10.2. The molecule has 0 aromatic heterocycles. The van der Waals surface area contributed by atoms with Crippen molar-refractivity contribution in [2.24, 2.45) is 0 Å². The SMILES string of the molecule is O=C(c1ccccc1Oc1ccccc1)N1CCCSCC1CN1CCCC1. The number of rotatable bonds is 5. The third-order valence-electron chi connectivity index (χ3n) is 5.46. The second-order valence-corrected chi connectivity index (χ2v) is 8.65. The number of amides is 1. The molecule has 1 amide bonds. The molecule has 148 valence electrons. The van der Waals surface area contributed by atoms with Crippen molar-refractivity contribution in [3.8, 4) is 11.5 Å². The number of hydrogen-bond acceptors (Lipinski definition) is 4. The van der Waals surface area contributed by atoms with Crippen LogP contribution in [-0.2, 0) is 0 Å². The maximum Gasteiger partial charge on any atom is 0.257 e. The maximum atomic E-state index is 13.6. The average Bonchev–Trinajstić information content (AvgIpc) is 3.13. The summed E-state index contributed by atoms with van der Waals surface area (Å²) in [7, 11) is 0. The van der Waals surface area contributed by atoms with Gasteiger partial charge in [-0.1, -0.05) is 30.3 Å². The topological polar surface area (TPSA) is 32.8 Å². The van der Waals surface area contributed by atoms with Gasteiger partial charge in [0.2, 0.25) is 0 Å². The Kier molecular flexibility index (Phi) is 6.55. The van der Waals surface area contributed by atoms with Crippen LogP contribution in [0.1, 0.15) is 29.6 Å². The van der Waals surface area contributed by atoms with E-state index in [9.17, 15) is 4.79 Å². The Hall–Kier alpha value is -1.98. The number of carbonyl (C=O) groups is 1. The molecule has 4 rings (SSSR count). The fourth-order valence-electron chi connectivity index (χ4n) is 4.01. The molecule has 2 heterocycles. The highest BCUT2D eigenvalue weighted by Gasteiger charge is 2.30. The predicted molar refractivity (Wildman–Crippen MR) is 115 cm³/mol. The summed E-state index contributed by atoms with van der Waals surface area (Å²) in [5, 5.41) is 0. The summed E-state index contributed by atoms with van der Waals surface area (Å²) in [5.41, 5.74) is 0.657. The molecule has 0 N–H and O–H groups in total. The van der Waals surface area contributed by atoms with E-state index in [4.69, 9.17) is 4.74 Å². The molecule has 28 heavy (non-hydrogen) atoms. The Morgan fingerprint density at radius 1 is 0.964 bits per heavy atom. The van der Waals surface area contributed by atoms with Gasteiger partial charge in [0.05, 0.1) is 11.6 Å². The fourth-order valence-corrected chi connectivity index (χ4v) is 5.07. The molecule has 5 heteroatoms. The largest absolute Gasteiger partial charge is 0.457 e. The number of benzene rings is 2. The molecule has 0 bridgehead atoms. The molecule has 4 nitrogen and oxygen atoms in total. The predicted octanol–water partition coefficient (Wildman–Crippen LogP) is 4.52. The van der Waals surface area contributed by atoms with Gasteiger partial charge in [-0.25, -0.2) is 0 Å². The fraction of sp³-hybridized carbons (Fsp3) is 0.435. The summed E-state index contributed by atoms with van der Waals surface area (Å²) in [6.45, 7) is 4.14. The lowest BCUT2D eigenvalue weighted by molar-refractivity contribution is 0.0664. The van der Waals surface area contributed by atoms with E-state index >= 15 is 0 Å². The Bertz CT molecular complexity index is 777.